The summed E-state index contributed by atoms with van der Waals surface area (Å²) in [7, 11) is 0. The molecule has 0 aliphatic heterocycles. The molecule has 4 nitrogen and oxygen atoms in total. The van der Waals surface area contributed by atoms with E-state index in [0.717, 1.165) is 25.7 Å². The third-order valence-electron chi connectivity index (χ3n) is 3.26. The number of aliphatic hydroxyl groups is 1. The highest BCUT2D eigenvalue weighted by molar-refractivity contribution is 5.73. The average molecular weight is 215 g/mol. The molecule has 0 spiro atoms. The first kappa shape index (κ1) is 12.5. The van der Waals surface area contributed by atoms with Crippen LogP contribution in [0.4, 0.5) is 0 Å². The number of carboxylic acids is 1. The van der Waals surface area contributed by atoms with Crippen molar-refractivity contribution in [1.29, 1.82) is 0 Å². The zero-order valence-electron chi connectivity index (χ0n) is 9.49. The van der Waals surface area contributed by atoms with E-state index in [1.54, 1.807) is 0 Å². The predicted molar refractivity (Wildman–Crippen MR) is 57.7 cm³/mol. The Morgan fingerprint density at radius 3 is 2.27 bits per heavy atom. The molecule has 1 aliphatic carbocycles. The number of carbonyl (C=O) groups is 1. The summed E-state index contributed by atoms with van der Waals surface area (Å²) in [4.78, 5) is 11.0. The smallest absolute Gasteiger partial charge is 0.320 e. The van der Waals surface area contributed by atoms with Crippen molar-refractivity contribution in [3.05, 3.63) is 0 Å². The first-order valence-electron chi connectivity index (χ1n) is 5.62. The number of rotatable bonds is 5. The topological polar surface area (TPSA) is 69.6 Å². The second-order valence-corrected chi connectivity index (χ2v) is 4.85. The number of hydrogen-bond donors (Lipinski definition) is 3. The van der Waals surface area contributed by atoms with Gasteiger partial charge in [0.2, 0.25) is 0 Å². The summed E-state index contributed by atoms with van der Waals surface area (Å²) in [6.45, 7) is 3.79. The first-order chi connectivity index (χ1) is 7.01. The molecule has 1 aliphatic rings. The third-order valence-corrected chi connectivity index (χ3v) is 3.26. The molecule has 1 rings (SSSR count). The van der Waals surface area contributed by atoms with Gasteiger partial charge < -0.3 is 10.2 Å². The van der Waals surface area contributed by atoms with Crippen molar-refractivity contribution >= 4 is 5.97 Å². The Morgan fingerprint density at radius 2 is 1.93 bits per heavy atom. The van der Waals surface area contributed by atoms with Crippen molar-refractivity contribution in [3.63, 3.8) is 0 Å². The molecule has 4 heteroatoms. The molecule has 88 valence electrons. The maximum absolute atomic E-state index is 11.0. The minimum Gasteiger partial charge on any atom is -0.480 e. The van der Waals surface area contributed by atoms with E-state index in [0.29, 0.717) is 0 Å². The lowest BCUT2D eigenvalue weighted by Crippen LogP contribution is -2.55. The monoisotopic (exact) mass is 215 g/mol. The molecule has 1 unspecified atom stereocenters. The van der Waals surface area contributed by atoms with Gasteiger partial charge in [-0.25, -0.2) is 0 Å². The van der Waals surface area contributed by atoms with Crippen LogP contribution < -0.4 is 5.32 Å². The van der Waals surface area contributed by atoms with Crippen LogP contribution in [0, 0.1) is 5.92 Å². The van der Waals surface area contributed by atoms with Gasteiger partial charge in [0.25, 0.3) is 0 Å². The minimum absolute atomic E-state index is 0.0312. The van der Waals surface area contributed by atoms with Crippen LogP contribution >= 0.6 is 0 Å². The molecule has 0 aromatic carbocycles. The normalized spacial score (nSPS) is 21.9. The summed E-state index contributed by atoms with van der Waals surface area (Å²) in [6, 6.07) is -0.560. The number of aliphatic carboxylic acids is 1. The molecule has 0 aromatic heterocycles. The van der Waals surface area contributed by atoms with Gasteiger partial charge >= 0.3 is 5.97 Å². The maximum Gasteiger partial charge on any atom is 0.320 e. The van der Waals surface area contributed by atoms with Crippen molar-refractivity contribution in [2.45, 2.75) is 51.1 Å². The van der Waals surface area contributed by atoms with Crippen LogP contribution in [0.25, 0.3) is 0 Å². The van der Waals surface area contributed by atoms with Gasteiger partial charge in [-0.15, -0.1) is 0 Å². The summed E-state index contributed by atoms with van der Waals surface area (Å²) in [5, 5.41) is 21.6. The molecule has 1 atom stereocenters. The molecule has 0 amide bonds. The zero-order valence-corrected chi connectivity index (χ0v) is 9.49. The summed E-state index contributed by atoms with van der Waals surface area (Å²) in [6.07, 6.45) is 3.88. The SMILES string of the molecule is CC(C)C(NC1(CO)CCCC1)C(=O)O. The van der Waals surface area contributed by atoms with Crippen LogP contribution in [0.3, 0.4) is 0 Å². The van der Waals surface area contributed by atoms with Gasteiger partial charge in [0, 0.05) is 5.54 Å². The average Bonchev–Trinajstić information content (AvgIpc) is 2.62. The molecular formula is C11H21NO3. The van der Waals surface area contributed by atoms with Crippen LogP contribution in [-0.2, 0) is 4.79 Å². The Balaban J connectivity index is 2.67. The quantitative estimate of drug-likeness (QED) is 0.639. The second-order valence-electron chi connectivity index (χ2n) is 4.85. The summed E-state index contributed by atoms with van der Waals surface area (Å²) < 4.78 is 0. The van der Waals surface area contributed by atoms with Crippen LogP contribution in [0.2, 0.25) is 0 Å². The zero-order chi connectivity index (χ0) is 11.5. The van der Waals surface area contributed by atoms with Crippen molar-refractivity contribution < 1.29 is 15.0 Å². The van der Waals surface area contributed by atoms with E-state index >= 15 is 0 Å². The Bertz CT molecular complexity index is 222. The van der Waals surface area contributed by atoms with Crippen LogP contribution in [-0.4, -0.2) is 34.4 Å². The number of hydrogen-bond acceptors (Lipinski definition) is 3. The standard InChI is InChI=1S/C11H21NO3/c1-8(2)9(10(14)15)12-11(7-13)5-3-4-6-11/h8-9,12-13H,3-7H2,1-2H3,(H,14,15). The van der Waals surface area contributed by atoms with Crippen molar-refractivity contribution in [2.75, 3.05) is 6.61 Å². The van der Waals surface area contributed by atoms with Crippen molar-refractivity contribution in [1.82, 2.24) is 5.32 Å². The highest BCUT2D eigenvalue weighted by atomic mass is 16.4. The molecule has 15 heavy (non-hydrogen) atoms. The van der Waals surface area contributed by atoms with Gasteiger partial charge in [-0.3, -0.25) is 10.1 Å². The lowest BCUT2D eigenvalue weighted by Gasteiger charge is -2.33. The molecule has 0 saturated heterocycles. The third kappa shape index (κ3) is 2.92. The fourth-order valence-electron chi connectivity index (χ4n) is 2.24. The van der Waals surface area contributed by atoms with Gasteiger partial charge in [-0.2, -0.15) is 0 Å². The Hall–Kier alpha value is -0.610. The van der Waals surface area contributed by atoms with Gasteiger partial charge in [0.15, 0.2) is 0 Å². The Labute approximate surface area is 90.7 Å². The van der Waals surface area contributed by atoms with E-state index < -0.39 is 12.0 Å². The van der Waals surface area contributed by atoms with Crippen molar-refractivity contribution in [2.24, 2.45) is 5.92 Å². The summed E-state index contributed by atoms with van der Waals surface area (Å²) in [5.41, 5.74) is -0.354. The van der Waals surface area contributed by atoms with E-state index in [4.69, 9.17) is 5.11 Å². The van der Waals surface area contributed by atoms with E-state index in [1.807, 2.05) is 13.8 Å². The van der Waals surface area contributed by atoms with Crippen LogP contribution in [0.15, 0.2) is 0 Å². The van der Waals surface area contributed by atoms with Crippen molar-refractivity contribution in [3.8, 4) is 0 Å². The molecule has 1 fully saturated rings. The van der Waals surface area contributed by atoms with E-state index in [-0.39, 0.29) is 18.1 Å². The van der Waals surface area contributed by atoms with E-state index in [2.05, 4.69) is 5.32 Å². The first-order valence-corrected chi connectivity index (χ1v) is 5.62. The molecule has 0 heterocycles. The maximum atomic E-state index is 11.0. The van der Waals surface area contributed by atoms with E-state index in [1.165, 1.54) is 0 Å². The van der Waals surface area contributed by atoms with Gasteiger partial charge in [-0.1, -0.05) is 26.7 Å². The lowest BCUT2D eigenvalue weighted by molar-refractivity contribution is -0.141. The molecule has 3 N–H and O–H groups in total. The van der Waals surface area contributed by atoms with Crippen LogP contribution in [0.1, 0.15) is 39.5 Å². The van der Waals surface area contributed by atoms with Gasteiger partial charge in [0.1, 0.15) is 6.04 Å². The van der Waals surface area contributed by atoms with Gasteiger partial charge in [-0.05, 0) is 18.8 Å². The minimum atomic E-state index is -0.829. The molecule has 0 bridgehead atoms. The summed E-state index contributed by atoms with van der Waals surface area (Å²) >= 11 is 0. The summed E-state index contributed by atoms with van der Waals surface area (Å²) in [5.74, 6) is -0.795. The van der Waals surface area contributed by atoms with E-state index in [9.17, 15) is 9.90 Å². The lowest BCUT2D eigenvalue weighted by atomic mass is 9.94. The Kier molecular flexibility index (Phi) is 4.11. The van der Waals surface area contributed by atoms with Gasteiger partial charge in [0.05, 0.1) is 6.61 Å². The number of carboxylic acid groups (broad SMARTS) is 1. The number of aliphatic hydroxyl groups excluding tert-OH is 1. The fourth-order valence-corrected chi connectivity index (χ4v) is 2.24. The largest absolute Gasteiger partial charge is 0.480 e. The predicted octanol–water partition coefficient (Wildman–Crippen LogP) is 0.990. The molecule has 0 aromatic rings. The highest BCUT2D eigenvalue weighted by Gasteiger charge is 2.37. The Morgan fingerprint density at radius 1 is 1.40 bits per heavy atom. The molecule has 0 radical (unpaired) electrons. The number of nitrogens with one attached hydrogen (secondary N) is 1. The highest BCUT2D eigenvalue weighted by Crippen LogP contribution is 2.30. The molecule has 1 saturated carbocycles. The molecular weight excluding hydrogens is 194 g/mol. The fraction of sp³-hybridized carbons (Fsp3) is 0.909. The van der Waals surface area contributed by atoms with Crippen LogP contribution in [0.5, 0.6) is 0 Å². The second kappa shape index (κ2) is 4.94.